The number of likely N-dealkylation sites (tertiary alicyclic amines) is 1. The molecule has 0 radical (unpaired) electrons. The summed E-state index contributed by atoms with van der Waals surface area (Å²) in [6, 6.07) is 8.20. The fraction of sp³-hybridized carbons (Fsp3) is 0.600. The first kappa shape index (κ1) is 13.4. The fourth-order valence-corrected chi connectivity index (χ4v) is 2.97. The second-order valence-corrected chi connectivity index (χ2v) is 5.59. The van der Waals surface area contributed by atoms with Crippen LogP contribution in [0, 0.1) is 5.92 Å². The van der Waals surface area contributed by atoms with Crippen LogP contribution in [0.25, 0.3) is 0 Å². The first-order valence-corrected chi connectivity index (χ1v) is 6.86. The highest BCUT2D eigenvalue weighted by Gasteiger charge is 2.28. The Kier molecular flexibility index (Phi) is 4.25. The minimum Gasteiger partial charge on any atom is -0.398 e. The number of rotatable bonds is 4. The van der Waals surface area contributed by atoms with Crippen molar-refractivity contribution < 1.29 is 5.11 Å². The lowest BCUT2D eigenvalue weighted by atomic mass is 10.0. The Balaban J connectivity index is 2.03. The van der Waals surface area contributed by atoms with Gasteiger partial charge in [-0.3, -0.25) is 4.90 Å². The molecule has 0 bridgehead atoms. The fourth-order valence-electron chi connectivity index (χ4n) is 2.97. The van der Waals surface area contributed by atoms with E-state index < -0.39 is 6.10 Å². The van der Waals surface area contributed by atoms with E-state index in [2.05, 4.69) is 18.7 Å². The molecule has 1 aromatic rings. The van der Waals surface area contributed by atoms with Gasteiger partial charge in [0.25, 0.3) is 0 Å². The number of nitrogens with zero attached hydrogens (tertiary/aromatic N) is 1. The molecule has 18 heavy (non-hydrogen) atoms. The molecule has 1 aliphatic heterocycles. The van der Waals surface area contributed by atoms with Crippen molar-refractivity contribution in [1.29, 1.82) is 0 Å². The molecule has 1 aliphatic rings. The van der Waals surface area contributed by atoms with Crippen LogP contribution >= 0.6 is 0 Å². The van der Waals surface area contributed by atoms with E-state index in [1.54, 1.807) is 0 Å². The lowest BCUT2D eigenvalue weighted by Gasteiger charge is -2.29. The van der Waals surface area contributed by atoms with E-state index in [-0.39, 0.29) is 0 Å². The minimum absolute atomic E-state index is 0.481. The highest BCUT2D eigenvalue weighted by Crippen LogP contribution is 2.27. The Morgan fingerprint density at radius 3 is 2.78 bits per heavy atom. The van der Waals surface area contributed by atoms with Crippen molar-refractivity contribution in [1.82, 2.24) is 4.90 Å². The van der Waals surface area contributed by atoms with Gasteiger partial charge in [-0.1, -0.05) is 32.0 Å². The van der Waals surface area contributed by atoms with Gasteiger partial charge in [0.05, 0.1) is 6.10 Å². The summed E-state index contributed by atoms with van der Waals surface area (Å²) in [5, 5.41) is 10.3. The molecule has 2 unspecified atom stereocenters. The average Bonchev–Trinajstić information content (AvgIpc) is 2.77. The normalized spacial score (nSPS) is 22.6. The molecule has 0 amide bonds. The second-order valence-electron chi connectivity index (χ2n) is 5.59. The van der Waals surface area contributed by atoms with Crippen LogP contribution in [0.4, 0.5) is 5.69 Å². The second kappa shape index (κ2) is 5.72. The van der Waals surface area contributed by atoms with E-state index in [0.29, 0.717) is 24.2 Å². The summed E-state index contributed by atoms with van der Waals surface area (Å²) in [5.74, 6) is 0.646. The largest absolute Gasteiger partial charge is 0.398 e. The Morgan fingerprint density at radius 1 is 1.39 bits per heavy atom. The smallest absolute Gasteiger partial charge is 0.0936 e. The highest BCUT2D eigenvalue weighted by atomic mass is 16.3. The number of para-hydroxylation sites is 1. The summed E-state index contributed by atoms with van der Waals surface area (Å²) in [6.07, 6.45) is 2.00. The Hall–Kier alpha value is -1.06. The number of anilines is 1. The summed E-state index contributed by atoms with van der Waals surface area (Å²) in [7, 11) is 0. The molecule has 1 aromatic carbocycles. The molecular formula is C15H24N2O. The number of nitrogens with two attached hydrogens (primary N) is 1. The third kappa shape index (κ3) is 2.85. The molecule has 1 saturated heterocycles. The van der Waals surface area contributed by atoms with Crippen LogP contribution in [0.5, 0.6) is 0 Å². The third-order valence-corrected chi connectivity index (χ3v) is 3.95. The van der Waals surface area contributed by atoms with Crippen molar-refractivity contribution in [2.75, 3.05) is 18.8 Å². The van der Waals surface area contributed by atoms with E-state index in [4.69, 9.17) is 5.73 Å². The quantitative estimate of drug-likeness (QED) is 0.805. The first-order chi connectivity index (χ1) is 8.59. The van der Waals surface area contributed by atoms with Gasteiger partial charge in [-0.25, -0.2) is 0 Å². The average molecular weight is 248 g/mol. The zero-order valence-electron chi connectivity index (χ0n) is 11.3. The van der Waals surface area contributed by atoms with E-state index in [0.717, 1.165) is 12.1 Å². The van der Waals surface area contributed by atoms with Crippen LogP contribution in [-0.4, -0.2) is 29.1 Å². The third-order valence-electron chi connectivity index (χ3n) is 3.95. The van der Waals surface area contributed by atoms with Gasteiger partial charge in [-0.05, 0) is 31.4 Å². The van der Waals surface area contributed by atoms with Crippen LogP contribution < -0.4 is 5.73 Å². The van der Waals surface area contributed by atoms with Crippen molar-refractivity contribution in [3.05, 3.63) is 29.8 Å². The van der Waals surface area contributed by atoms with Crippen molar-refractivity contribution in [3.63, 3.8) is 0 Å². The standard InChI is InChI=1S/C15H24N2O/c1-11(2)14-8-5-9-17(14)10-15(18)12-6-3-4-7-13(12)16/h3-4,6-7,11,14-15,18H,5,8-10,16H2,1-2H3. The van der Waals surface area contributed by atoms with Crippen LogP contribution in [0.3, 0.4) is 0 Å². The van der Waals surface area contributed by atoms with Crippen LogP contribution in [0.15, 0.2) is 24.3 Å². The maximum absolute atomic E-state index is 10.3. The van der Waals surface area contributed by atoms with Crippen LogP contribution in [0.1, 0.15) is 38.4 Å². The molecule has 100 valence electrons. The van der Waals surface area contributed by atoms with Gasteiger partial charge in [-0.15, -0.1) is 0 Å². The number of hydrogen-bond acceptors (Lipinski definition) is 3. The van der Waals surface area contributed by atoms with E-state index in [1.807, 2.05) is 24.3 Å². The lowest BCUT2D eigenvalue weighted by molar-refractivity contribution is 0.0943. The van der Waals surface area contributed by atoms with Gasteiger partial charge in [0.15, 0.2) is 0 Å². The minimum atomic E-state index is -0.481. The summed E-state index contributed by atoms with van der Waals surface area (Å²) >= 11 is 0. The molecule has 1 heterocycles. The number of aliphatic hydroxyl groups excluding tert-OH is 1. The first-order valence-electron chi connectivity index (χ1n) is 6.86. The summed E-state index contributed by atoms with van der Waals surface area (Å²) in [4.78, 5) is 2.40. The maximum atomic E-state index is 10.3. The van der Waals surface area contributed by atoms with E-state index >= 15 is 0 Å². The van der Waals surface area contributed by atoms with Gasteiger partial charge in [-0.2, -0.15) is 0 Å². The number of hydrogen-bond donors (Lipinski definition) is 2. The molecule has 2 rings (SSSR count). The number of nitrogen functional groups attached to an aromatic ring is 1. The summed E-state index contributed by atoms with van der Waals surface area (Å²) in [6.45, 7) is 6.29. The highest BCUT2D eigenvalue weighted by molar-refractivity contribution is 5.47. The van der Waals surface area contributed by atoms with Crippen molar-refractivity contribution in [3.8, 4) is 0 Å². The van der Waals surface area contributed by atoms with Gasteiger partial charge in [0, 0.05) is 23.8 Å². The van der Waals surface area contributed by atoms with Gasteiger partial charge < -0.3 is 10.8 Å². The van der Waals surface area contributed by atoms with E-state index in [9.17, 15) is 5.11 Å². The maximum Gasteiger partial charge on any atom is 0.0936 e. The van der Waals surface area contributed by atoms with Crippen molar-refractivity contribution >= 4 is 5.69 Å². The molecule has 3 heteroatoms. The monoisotopic (exact) mass is 248 g/mol. The Morgan fingerprint density at radius 2 is 2.11 bits per heavy atom. The van der Waals surface area contributed by atoms with Crippen molar-refractivity contribution in [2.45, 2.75) is 38.8 Å². The van der Waals surface area contributed by atoms with Gasteiger partial charge >= 0.3 is 0 Å². The van der Waals surface area contributed by atoms with E-state index in [1.165, 1.54) is 12.8 Å². The SMILES string of the molecule is CC(C)C1CCCN1CC(O)c1ccccc1N. The molecule has 2 atom stereocenters. The molecule has 1 fully saturated rings. The van der Waals surface area contributed by atoms with Crippen LogP contribution in [-0.2, 0) is 0 Å². The topological polar surface area (TPSA) is 49.5 Å². The Labute approximate surface area is 110 Å². The Bertz CT molecular complexity index is 392. The zero-order chi connectivity index (χ0) is 13.1. The van der Waals surface area contributed by atoms with Gasteiger partial charge in [0.1, 0.15) is 0 Å². The number of benzene rings is 1. The summed E-state index contributed by atoms with van der Waals surface area (Å²) < 4.78 is 0. The van der Waals surface area contributed by atoms with Crippen molar-refractivity contribution in [2.24, 2.45) is 5.92 Å². The zero-order valence-corrected chi connectivity index (χ0v) is 11.3. The lowest BCUT2D eigenvalue weighted by Crippen LogP contribution is -2.36. The molecule has 3 N–H and O–H groups in total. The summed E-state index contributed by atoms with van der Waals surface area (Å²) in [5.41, 5.74) is 7.45. The molecular weight excluding hydrogens is 224 g/mol. The molecule has 3 nitrogen and oxygen atoms in total. The number of aliphatic hydroxyl groups is 1. The molecule has 0 aliphatic carbocycles. The number of β-amino-alcohol motifs (C(OH)–C–C–N with tert-alkyl or cyclic N) is 1. The molecule has 0 spiro atoms. The molecule has 0 saturated carbocycles. The van der Waals surface area contributed by atoms with Gasteiger partial charge in [0.2, 0.25) is 0 Å². The van der Waals surface area contributed by atoms with Crippen LogP contribution in [0.2, 0.25) is 0 Å². The predicted molar refractivity (Wildman–Crippen MR) is 75.2 cm³/mol. The molecule has 0 aromatic heterocycles. The predicted octanol–water partition coefficient (Wildman–Crippen LogP) is 2.42.